The topological polar surface area (TPSA) is 53.4 Å². The highest BCUT2D eigenvalue weighted by Crippen LogP contribution is 2.35. The first kappa shape index (κ1) is 15.0. The van der Waals surface area contributed by atoms with E-state index in [4.69, 9.17) is 10.1 Å². The van der Waals surface area contributed by atoms with Gasteiger partial charge < -0.3 is 10.0 Å². The number of aromatic nitrogens is 1. The van der Waals surface area contributed by atoms with E-state index in [-0.39, 0.29) is 0 Å². The number of nitrogens with zero attached hydrogens (tertiary/aromatic N) is 2. The summed E-state index contributed by atoms with van der Waals surface area (Å²) in [6, 6.07) is 0. The van der Waals surface area contributed by atoms with Crippen LogP contribution in [0.4, 0.5) is 0 Å². The van der Waals surface area contributed by atoms with Crippen LogP contribution in [0.2, 0.25) is 0 Å². The molecule has 21 heavy (non-hydrogen) atoms. The average Bonchev–Trinajstić information content (AvgIpc) is 2.91. The fourth-order valence-electron chi connectivity index (χ4n) is 3.40. The number of thiazole rings is 1. The number of aliphatic carboxylic acids is 1. The quantitative estimate of drug-likeness (QED) is 0.908. The predicted octanol–water partition coefficient (Wildman–Crippen LogP) is 3.07. The van der Waals surface area contributed by atoms with Gasteiger partial charge in [-0.25, -0.2) is 4.98 Å². The van der Waals surface area contributed by atoms with E-state index in [1.807, 2.05) is 11.3 Å². The van der Waals surface area contributed by atoms with Gasteiger partial charge in [-0.3, -0.25) is 4.79 Å². The first-order valence-corrected chi connectivity index (χ1v) is 8.96. The third kappa shape index (κ3) is 3.83. The molecule has 1 aliphatic carbocycles. The Hall–Kier alpha value is -0.940. The van der Waals surface area contributed by atoms with E-state index >= 15 is 0 Å². The maximum Gasteiger partial charge on any atom is 0.303 e. The van der Waals surface area contributed by atoms with Crippen molar-refractivity contribution < 1.29 is 9.90 Å². The van der Waals surface area contributed by atoms with Gasteiger partial charge in [-0.15, -0.1) is 11.3 Å². The lowest BCUT2D eigenvalue weighted by Crippen LogP contribution is -2.33. The zero-order valence-electron chi connectivity index (χ0n) is 12.5. The molecule has 2 aliphatic rings. The molecule has 1 aliphatic heterocycles. The highest BCUT2D eigenvalue weighted by atomic mass is 32.1. The minimum atomic E-state index is -0.682. The second kappa shape index (κ2) is 6.88. The number of likely N-dealkylation sites (tertiary alicyclic amines) is 1. The van der Waals surface area contributed by atoms with Gasteiger partial charge in [0.2, 0.25) is 0 Å². The van der Waals surface area contributed by atoms with E-state index < -0.39 is 5.97 Å². The molecule has 5 heteroatoms. The second-order valence-corrected chi connectivity index (χ2v) is 7.36. The summed E-state index contributed by atoms with van der Waals surface area (Å²) >= 11 is 1.96. The average molecular weight is 308 g/mol. The van der Waals surface area contributed by atoms with E-state index in [1.54, 1.807) is 4.88 Å². The molecule has 1 aromatic heterocycles. The van der Waals surface area contributed by atoms with Crippen LogP contribution in [0, 0.1) is 0 Å². The number of rotatable bonds is 5. The SMILES string of the molecule is O=C(O)CCCN1CCC(c2nc3c(s2)CCCC3)CC1. The number of hydrogen-bond donors (Lipinski definition) is 1. The molecule has 0 atom stereocenters. The Labute approximate surface area is 130 Å². The van der Waals surface area contributed by atoms with Crippen LogP contribution in [0.3, 0.4) is 0 Å². The van der Waals surface area contributed by atoms with Crippen LogP contribution < -0.4 is 0 Å². The van der Waals surface area contributed by atoms with Crippen LogP contribution in [0.1, 0.15) is 60.0 Å². The molecule has 2 heterocycles. The van der Waals surface area contributed by atoms with E-state index in [0.29, 0.717) is 12.3 Å². The lowest BCUT2D eigenvalue weighted by atomic mass is 9.97. The van der Waals surface area contributed by atoms with Gasteiger partial charge in [-0.2, -0.15) is 0 Å². The summed E-state index contributed by atoms with van der Waals surface area (Å²) in [5, 5.41) is 10.1. The second-order valence-electron chi connectivity index (χ2n) is 6.24. The first-order chi connectivity index (χ1) is 10.2. The summed E-state index contributed by atoms with van der Waals surface area (Å²) in [5.74, 6) is -0.0467. The fraction of sp³-hybridized carbons (Fsp3) is 0.750. The normalized spacial score (nSPS) is 20.4. The number of hydrogen-bond acceptors (Lipinski definition) is 4. The number of aryl methyl sites for hydroxylation is 2. The van der Waals surface area contributed by atoms with E-state index in [1.165, 1.54) is 49.2 Å². The molecule has 0 bridgehead atoms. The molecule has 0 saturated carbocycles. The summed E-state index contributed by atoms with van der Waals surface area (Å²) < 4.78 is 0. The van der Waals surface area contributed by atoms with Gasteiger partial charge in [0.15, 0.2) is 0 Å². The molecule has 1 fully saturated rings. The highest BCUT2D eigenvalue weighted by molar-refractivity contribution is 7.11. The molecule has 3 rings (SSSR count). The first-order valence-electron chi connectivity index (χ1n) is 8.15. The van der Waals surface area contributed by atoms with Crippen molar-refractivity contribution in [2.45, 2.75) is 57.3 Å². The predicted molar refractivity (Wildman–Crippen MR) is 84.0 cm³/mol. The third-order valence-electron chi connectivity index (χ3n) is 4.66. The molecule has 0 aromatic carbocycles. The van der Waals surface area contributed by atoms with Crippen molar-refractivity contribution in [2.75, 3.05) is 19.6 Å². The molecule has 0 unspecified atom stereocenters. The number of carbonyl (C=O) groups is 1. The van der Waals surface area contributed by atoms with Crippen LogP contribution >= 0.6 is 11.3 Å². The maximum absolute atomic E-state index is 10.5. The van der Waals surface area contributed by atoms with Gasteiger partial charge in [0, 0.05) is 17.2 Å². The number of fused-ring (bicyclic) bond motifs is 1. The monoisotopic (exact) mass is 308 g/mol. The summed E-state index contributed by atoms with van der Waals surface area (Å²) in [4.78, 5) is 19.4. The van der Waals surface area contributed by atoms with Crippen molar-refractivity contribution in [3.63, 3.8) is 0 Å². The molecule has 116 valence electrons. The number of carboxylic acid groups (broad SMARTS) is 1. The minimum Gasteiger partial charge on any atom is -0.481 e. The van der Waals surface area contributed by atoms with Crippen molar-refractivity contribution in [1.82, 2.24) is 9.88 Å². The van der Waals surface area contributed by atoms with Crippen molar-refractivity contribution >= 4 is 17.3 Å². The Morgan fingerprint density at radius 1 is 1.29 bits per heavy atom. The Balaban J connectivity index is 1.49. The van der Waals surface area contributed by atoms with Crippen LogP contribution in [0.15, 0.2) is 0 Å². The largest absolute Gasteiger partial charge is 0.481 e. The Morgan fingerprint density at radius 3 is 2.76 bits per heavy atom. The van der Waals surface area contributed by atoms with Crippen molar-refractivity contribution in [1.29, 1.82) is 0 Å². The molecular formula is C16H24N2O2S. The summed E-state index contributed by atoms with van der Waals surface area (Å²) in [5.41, 5.74) is 1.38. The smallest absolute Gasteiger partial charge is 0.303 e. The van der Waals surface area contributed by atoms with Crippen LogP contribution in [0.25, 0.3) is 0 Å². The Morgan fingerprint density at radius 2 is 2.05 bits per heavy atom. The zero-order chi connectivity index (χ0) is 14.7. The molecule has 1 N–H and O–H groups in total. The summed E-state index contributed by atoms with van der Waals surface area (Å²) in [6.07, 6.45) is 8.47. The van der Waals surface area contributed by atoms with Gasteiger partial charge in [-0.05, 0) is 64.6 Å². The van der Waals surface area contributed by atoms with Gasteiger partial charge in [0.25, 0.3) is 0 Å². The molecule has 4 nitrogen and oxygen atoms in total. The van der Waals surface area contributed by atoms with Crippen LogP contribution in [-0.4, -0.2) is 40.6 Å². The highest BCUT2D eigenvalue weighted by Gasteiger charge is 2.25. The Bertz CT molecular complexity index is 469. The lowest BCUT2D eigenvalue weighted by molar-refractivity contribution is -0.137. The Kier molecular flexibility index (Phi) is 4.91. The number of piperidine rings is 1. The van der Waals surface area contributed by atoms with Gasteiger partial charge in [0.1, 0.15) is 0 Å². The fourth-order valence-corrected chi connectivity index (χ4v) is 4.73. The maximum atomic E-state index is 10.5. The summed E-state index contributed by atoms with van der Waals surface area (Å²) in [7, 11) is 0. The standard InChI is InChI=1S/C16H24N2O2S/c19-15(20)6-3-9-18-10-7-12(8-11-18)16-17-13-4-1-2-5-14(13)21-16/h12H,1-11H2,(H,19,20). The molecule has 1 saturated heterocycles. The molecule has 0 spiro atoms. The third-order valence-corrected chi connectivity index (χ3v) is 5.98. The van der Waals surface area contributed by atoms with E-state index in [0.717, 1.165) is 26.1 Å². The van der Waals surface area contributed by atoms with Crippen molar-refractivity contribution in [2.24, 2.45) is 0 Å². The number of carboxylic acids is 1. The van der Waals surface area contributed by atoms with Crippen LogP contribution in [0.5, 0.6) is 0 Å². The van der Waals surface area contributed by atoms with Crippen molar-refractivity contribution in [3.05, 3.63) is 15.6 Å². The minimum absolute atomic E-state index is 0.291. The van der Waals surface area contributed by atoms with Crippen molar-refractivity contribution in [3.8, 4) is 0 Å². The van der Waals surface area contributed by atoms with E-state index in [2.05, 4.69) is 4.90 Å². The molecular weight excluding hydrogens is 284 g/mol. The lowest BCUT2D eigenvalue weighted by Gasteiger charge is -2.30. The molecule has 0 amide bonds. The van der Waals surface area contributed by atoms with Crippen LogP contribution in [-0.2, 0) is 17.6 Å². The summed E-state index contributed by atoms with van der Waals surface area (Å²) in [6.45, 7) is 3.11. The van der Waals surface area contributed by atoms with Gasteiger partial charge >= 0.3 is 5.97 Å². The molecule has 1 aromatic rings. The van der Waals surface area contributed by atoms with Gasteiger partial charge in [0.05, 0.1) is 10.7 Å². The van der Waals surface area contributed by atoms with E-state index in [9.17, 15) is 4.79 Å². The zero-order valence-corrected chi connectivity index (χ0v) is 13.3. The molecule has 0 radical (unpaired) electrons. The van der Waals surface area contributed by atoms with Gasteiger partial charge in [-0.1, -0.05) is 0 Å².